The van der Waals surface area contributed by atoms with Crippen LogP contribution in [0.25, 0.3) is 0 Å². The van der Waals surface area contributed by atoms with Gasteiger partial charge in [-0.25, -0.2) is 0 Å². The Bertz CT molecular complexity index is 430. The van der Waals surface area contributed by atoms with E-state index >= 15 is 0 Å². The van der Waals surface area contributed by atoms with E-state index in [1.54, 1.807) is 0 Å². The Morgan fingerprint density at radius 2 is 1.90 bits per heavy atom. The molecule has 2 fully saturated rings. The maximum atomic E-state index is 2.82. The topological polar surface area (TPSA) is 6.48 Å². The van der Waals surface area contributed by atoms with E-state index in [1.807, 2.05) is 0 Å². The van der Waals surface area contributed by atoms with Crippen molar-refractivity contribution in [1.29, 1.82) is 0 Å². The molecule has 2 aliphatic rings. The largest absolute Gasteiger partial charge is 0.298 e. The lowest BCUT2D eigenvalue weighted by molar-refractivity contribution is -0.0171. The summed E-state index contributed by atoms with van der Waals surface area (Å²) in [6, 6.07) is 13.3. The van der Waals surface area contributed by atoms with Crippen LogP contribution >= 0.6 is 0 Å². The quantitative estimate of drug-likeness (QED) is 0.822. The van der Waals surface area contributed by atoms with Crippen molar-refractivity contribution in [1.82, 2.24) is 9.80 Å². The van der Waals surface area contributed by atoms with E-state index in [1.165, 1.54) is 57.3 Å². The van der Waals surface area contributed by atoms with E-state index in [2.05, 4.69) is 54.0 Å². The Kier molecular flexibility index (Phi) is 4.97. The Morgan fingerprint density at radius 3 is 2.62 bits per heavy atom. The molecule has 21 heavy (non-hydrogen) atoms. The summed E-state index contributed by atoms with van der Waals surface area (Å²) < 4.78 is 0. The number of nitrogens with zero attached hydrogens (tertiary/aromatic N) is 2. The van der Waals surface area contributed by atoms with Crippen LogP contribution in [-0.4, -0.2) is 41.5 Å². The number of fused-ring (bicyclic) bond motifs is 1. The lowest BCUT2D eigenvalue weighted by Crippen LogP contribution is -2.59. The first-order chi connectivity index (χ1) is 10.3. The summed E-state index contributed by atoms with van der Waals surface area (Å²) in [5, 5.41) is 0. The van der Waals surface area contributed by atoms with Crippen LogP contribution in [0.15, 0.2) is 30.3 Å². The van der Waals surface area contributed by atoms with Crippen LogP contribution in [0.3, 0.4) is 0 Å². The van der Waals surface area contributed by atoms with Crippen LogP contribution in [0.5, 0.6) is 0 Å². The molecule has 3 unspecified atom stereocenters. The van der Waals surface area contributed by atoms with Gasteiger partial charge in [0.2, 0.25) is 0 Å². The first-order valence-corrected chi connectivity index (χ1v) is 8.88. The van der Waals surface area contributed by atoms with E-state index < -0.39 is 0 Å². The molecular weight excluding hydrogens is 256 g/mol. The van der Waals surface area contributed by atoms with Gasteiger partial charge in [0, 0.05) is 31.2 Å². The molecule has 2 heteroatoms. The summed E-state index contributed by atoms with van der Waals surface area (Å²) in [6.07, 6.45) is 6.72. The second-order valence-electron chi connectivity index (χ2n) is 6.74. The minimum absolute atomic E-state index is 0.597. The fourth-order valence-electron chi connectivity index (χ4n) is 4.36. The Hall–Kier alpha value is -0.860. The van der Waals surface area contributed by atoms with E-state index in [0.29, 0.717) is 6.04 Å². The van der Waals surface area contributed by atoms with Crippen LogP contribution in [0.2, 0.25) is 0 Å². The number of rotatable bonds is 4. The lowest BCUT2D eigenvalue weighted by Gasteiger charge is -2.51. The molecule has 0 N–H and O–H groups in total. The maximum absolute atomic E-state index is 2.82. The summed E-state index contributed by atoms with van der Waals surface area (Å²) in [6.45, 7) is 8.59. The third kappa shape index (κ3) is 3.17. The highest BCUT2D eigenvalue weighted by Gasteiger charge is 2.37. The third-order valence-corrected chi connectivity index (χ3v) is 5.53. The predicted molar refractivity (Wildman–Crippen MR) is 89.5 cm³/mol. The molecule has 2 saturated heterocycles. The highest BCUT2D eigenvalue weighted by atomic mass is 15.3. The van der Waals surface area contributed by atoms with Crippen LogP contribution in [0.4, 0.5) is 0 Å². The van der Waals surface area contributed by atoms with Crippen LogP contribution in [0, 0.1) is 0 Å². The molecule has 0 saturated carbocycles. The second kappa shape index (κ2) is 6.93. The van der Waals surface area contributed by atoms with Gasteiger partial charge in [-0.2, -0.15) is 0 Å². The van der Waals surface area contributed by atoms with Gasteiger partial charge in [-0.1, -0.05) is 50.6 Å². The van der Waals surface area contributed by atoms with Gasteiger partial charge in [0.25, 0.3) is 0 Å². The number of benzene rings is 1. The molecule has 1 aromatic carbocycles. The second-order valence-corrected chi connectivity index (χ2v) is 6.74. The summed E-state index contributed by atoms with van der Waals surface area (Å²) in [4.78, 5) is 5.59. The van der Waals surface area contributed by atoms with Crippen molar-refractivity contribution in [2.24, 2.45) is 0 Å². The first kappa shape index (κ1) is 15.1. The fourth-order valence-corrected chi connectivity index (χ4v) is 4.36. The van der Waals surface area contributed by atoms with E-state index in [0.717, 1.165) is 12.1 Å². The number of piperidine rings is 1. The Morgan fingerprint density at radius 1 is 1.10 bits per heavy atom. The maximum Gasteiger partial charge on any atom is 0.0349 e. The van der Waals surface area contributed by atoms with Gasteiger partial charge in [-0.3, -0.25) is 9.80 Å². The van der Waals surface area contributed by atoms with Crippen molar-refractivity contribution in [3.8, 4) is 0 Å². The summed E-state index contributed by atoms with van der Waals surface area (Å²) >= 11 is 0. The minimum Gasteiger partial charge on any atom is -0.298 e. The van der Waals surface area contributed by atoms with E-state index in [4.69, 9.17) is 0 Å². The minimum atomic E-state index is 0.597. The molecule has 2 heterocycles. The normalized spacial score (nSPS) is 29.0. The van der Waals surface area contributed by atoms with E-state index in [-0.39, 0.29) is 0 Å². The van der Waals surface area contributed by atoms with Crippen LogP contribution in [-0.2, 0) is 0 Å². The average Bonchev–Trinajstić information content (AvgIpc) is 2.56. The van der Waals surface area contributed by atoms with Gasteiger partial charge in [0.15, 0.2) is 0 Å². The highest BCUT2D eigenvalue weighted by molar-refractivity contribution is 5.19. The Balaban J connectivity index is 1.80. The zero-order valence-electron chi connectivity index (χ0n) is 13.7. The van der Waals surface area contributed by atoms with E-state index in [9.17, 15) is 0 Å². The molecule has 0 bridgehead atoms. The molecule has 116 valence electrons. The van der Waals surface area contributed by atoms with Gasteiger partial charge >= 0.3 is 0 Å². The fraction of sp³-hybridized carbons (Fsp3) is 0.684. The van der Waals surface area contributed by atoms with Crippen molar-refractivity contribution in [3.63, 3.8) is 0 Å². The van der Waals surface area contributed by atoms with Gasteiger partial charge in [-0.05, 0) is 37.8 Å². The SMILES string of the molecule is CCC1CN2CCCCC2CN1C(CC)c1ccccc1. The molecule has 0 spiro atoms. The van der Waals surface area contributed by atoms with Gasteiger partial charge in [-0.15, -0.1) is 0 Å². The van der Waals surface area contributed by atoms with Gasteiger partial charge in [0.1, 0.15) is 0 Å². The van der Waals surface area contributed by atoms with Crippen molar-refractivity contribution in [2.45, 2.75) is 64.1 Å². The van der Waals surface area contributed by atoms with Crippen molar-refractivity contribution in [3.05, 3.63) is 35.9 Å². The van der Waals surface area contributed by atoms with Gasteiger partial charge < -0.3 is 0 Å². The smallest absolute Gasteiger partial charge is 0.0349 e. The number of hydrogen-bond acceptors (Lipinski definition) is 2. The highest BCUT2D eigenvalue weighted by Crippen LogP contribution is 2.33. The zero-order chi connectivity index (χ0) is 14.7. The van der Waals surface area contributed by atoms with Crippen molar-refractivity contribution in [2.75, 3.05) is 19.6 Å². The van der Waals surface area contributed by atoms with Crippen molar-refractivity contribution < 1.29 is 0 Å². The molecule has 0 aliphatic carbocycles. The molecule has 3 rings (SSSR count). The molecule has 2 nitrogen and oxygen atoms in total. The lowest BCUT2D eigenvalue weighted by atomic mass is 9.92. The van der Waals surface area contributed by atoms with Crippen LogP contribution < -0.4 is 0 Å². The summed E-state index contributed by atoms with van der Waals surface area (Å²) in [5.74, 6) is 0. The zero-order valence-corrected chi connectivity index (χ0v) is 13.7. The molecule has 0 radical (unpaired) electrons. The molecule has 3 atom stereocenters. The Labute approximate surface area is 130 Å². The molecular formula is C19H30N2. The summed E-state index contributed by atoms with van der Waals surface area (Å²) in [5.41, 5.74) is 1.50. The van der Waals surface area contributed by atoms with Crippen molar-refractivity contribution >= 4 is 0 Å². The average molecular weight is 286 g/mol. The molecule has 0 amide bonds. The van der Waals surface area contributed by atoms with Gasteiger partial charge in [0.05, 0.1) is 0 Å². The third-order valence-electron chi connectivity index (χ3n) is 5.53. The predicted octanol–water partition coefficient (Wildman–Crippen LogP) is 4.09. The van der Waals surface area contributed by atoms with Crippen LogP contribution in [0.1, 0.15) is 57.6 Å². The first-order valence-electron chi connectivity index (χ1n) is 8.88. The monoisotopic (exact) mass is 286 g/mol. The number of hydrogen-bond donors (Lipinski definition) is 0. The standard InChI is InChI=1S/C19H30N2/c1-3-17-14-20-13-9-8-12-18(20)15-21(17)19(4-2)16-10-6-5-7-11-16/h5-7,10-11,17-19H,3-4,8-9,12-15H2,1-2H3. The molecule has 2 aliphatic heterocycles. The molecule has 1 aromatic rings. The summed E-state index contributed by atoms with van der Waals surface area (Å²) in [7, 11) is 0. The molecule has 0 aromatic heterocycles. The number of piperazine rings is 1.